The molecule has 0 bridgehead atoms. The molecule has 0 unspecified atom stereocenters. The second-order valence-corrected chi connectivity index (χ2v) is 8.90. The molecule has 3 aromatic rings. The standard InChI is InChI=1S/C28H32FN3O3/c1-19(2)27(33)30-24-11-14-26(31(3)4)22(16-24)18-32(17-20-7-6-8-23(29)15-20)28(34)21-9-12-25(35-5)13-10-21/h6-16,19H,17-18H2,1-5H3,(H,30,33). The van der Waals surface area contributed by atoms with Crippen LogP contribution in [0.25, 0.3) is 0 Å². The Labute approximate surface area is 206 Å². The molecule has 35 heavy (non-hydrogen) atoms. The van der Waals surface area contributed by atoms with Crippen molar-refractivity contribution in [3.05, 3.63) is 89.2 Å². The van der Waals surface area contributed by atoms with E-state index in [0.717, 1.165) is 11.3 Å². The average Bonchev–Trinajstić information content (AvgIpc) is 2.83. The number of hydrogen-bond donors (Lipinski definition) is 1. The summed E-state index contributed by atoms with van der Waals surface area (Å²) in [6.45, 7) is 4.15. The minimum absolute atomic E-state index is 0.0838. The molecular formula is C28H32FN3O3. The predicted molar refractivity (Wildman–Crippen MR) is 137 cm³/mol. The maximum atomic E-state index is 13.9. The van der Waals surface area contributed by atoms with Gasteiger partial charge < -0.3 is 19.9 Å². The van der Waals surface area contributed by atoms with E-state index in [0.29, 0.717) is 22.6 Å². The first-order valence-corrected chi connectivity index (χ1v) is 11.5. The highest BCUT2D eigenvalue weighted by Gasteiger charge is 2.20. The molecule has 1 N–H and O–H groups in total. The molecule has 184 valence electrons. The fourth-order valence-electron chi connectivity index (χ4n) is 3.69. The zero-order valence-electron chi connectivity index (χ0n) is 20.8. The lowest BCUT2D eigenvalue weighted by Crippen LogP contribution is -2.31. The molecule has 3 aromatic carbocycles. The number of ether oxygens (including phenoxy) is 1. The third kappa shape index (κ3) is 6.82. The topological polar surface area (TPSA) is 61.9 Å². The summed E-state index contributed by atoms with van der Waals surface area (Å²) in [6.07, 6.45) is 0. The van der Waals surface area contributed by atoms with Gasteiger partial charge in [-0.15, -0.1) is 0 Å². The van der Waals surface area contributed by atoms with Crippen LogP contribution in [-0.2, 0) is 17.9 Å². The van der Waals surface area contributed by atoms with Crippen LogP contribution in [0.3, 0.4) is 0 Å². The molecule has 0 aromatic heterocycles. The second kappa shape index (κ2) is 11.5. The molecule has 6 nitrogen and oxygen atoms in total. The van der Waals surface area contributed by atoms with Gasteiger partial charge in [0.15, 0.2) is 0 Å². The largest absolute Gasteiger partial charge is 0.497 e. The van der Waals surface area contributed by atoms with Crippen LogP contribution in [0.4, 0.5) is 15.8 Å². The quantitative estimate of drug-likeness (QED) is 0.452. The average molecular weight is 478 g/mol. The van der Waals surface area contributed by atoms with Gasteiger partial charge in [0, 0.05) is 50.0 Å². The van der Waals surface area contributed by atoms with E-state index in [2.05, 4.69) is 5.32 Å². The van der Waals surface area contributed by atoms with Crippen molar-refractivity contribution >= 4 is 23.2 Å². The zero-order chi connectivity index (χ0) is 25.5. The lowest BCUT2D eigenvalue weighted by Gasteiger charge is -2.27. The SMILES string of the molecule is COc1ccc(C(=O)N(Cc2cccc(F)c2)Cc2cc(NC(=O)C(C)C)ccc2N(C)C)cc1. The molecule has 0 heterocycles. The smallest absolute Gasteiger partial charge is 0.254 e. The van der Waals surface area contributed by atoms with Crippen molar-refractivity contribution in [3.8, 4) is 5.75 Å². The van der Waals surface area contributed by atoms with Crippen LogP contribution in [0.15, 0.2) is 66.7 Å². The van der Waals surface area contributed by atoms with Crippen LogP contribution >= 0.6 is 0 Å². The number of nitrogens with one attached hydrogen (secondary N) is 1. The molecule has 0 spiro atoms. The molecular weight excluding hydrogens is 445 g/mol. The molecule has 0 fully saturated rings. The Morgan fingerprint density at radius 3 is 2.29 bits per heavy atom. The Morgan fingerprint density at radius 2 is 1.69 bits per heavy atom. The van der Waals surface area contributed by atoms with E-state index in [1.807, 2.05) is 51.0 Å². The lowest BCUT2D eigenvalue weighted by atomic mass is 10.1. The van der Waals surface area contributed by atoms with Crippen molar-refractivity contribution in [3.63, 3.8) is 0 Å². The third-order valence-corrected chi connectivity index (χ3v) is 5.60. The van der Waals surface area contributed by atoms with Gasteiger partial charge in [-0.3, -0.25) is 9.59 Å². The fourth-order valence-corrected chi connectivity index (χ4v) is 3.69. The summed E-state index contributed by atoms with van der Waals surface area (Å²) in [4.78, 5) is 29.5. The summed E-state index contributed by atoms with van der Waals surface area (Å²) in [5.74, 6) is -0.140. The second-order valence-electron chi connectivity index (χ2n) is 8.90. The predicted octanol–water partition coefficient (Wildman–Crippen LogP) is 5.34. The first-order chi connectivity index (χ1) is 16.7. The molecule has 0 aliphatic heterocycles. The van der Waals surface area contributed by atoms with Crippen LogP contribution in [0.2, 0.25) is 0 Å². The van der Waals surface area contributed by atoms with Gasteiger partial charge in [-0.2, -0.15) is 0 Å². The Kier molecular flexibility index (Phi) is 8.47. The van der Waals surface area contributed by atoms with Crippen molar-refractivity contribution in [1.29, 1.82) is 0 Å². The van der Waals surface area contributed by atoms with E-state index in [1.165, 1.54) is 12.1 Å². The highest BCUT2D eigenvalue weighted by molar-refractivity contribution is 5.95. The van der Waals surface area contributed by atoms with Crippen molar-refractivity contribution < 1.29 is 18.7 Å². The van der Waals surface area contributed by atoms with Crippen LogP contribution < -0.4 is 15.0 Å². The van der Waals surface area contributed by atoms with E-state index < -0.39 is 0 Å². The van der Waals surface area contributed by atoms with Gasteiger partial charge in [0.2, 0.25) is 5.91 Å². The van der Waals surface area contributed by atoms with Crippen LogP contribution in [0.5, 0.6) is 5.75 Å². The van der Waals surface area contributed by atoms with Crippen molar-refractivity contribution in [2.24, 2.45) is 5.92 Å². The van der Waals surface area contributed by atoms with Gasteiger partial charge >= 0.3 is 0 Å². The summed E-state index contributed by atoms with van der Waals surface area (Å²) < 4.78 is 19.1. The molecule has 0 atom stereocenters. The Balaban J connectivity index is 1.99. The Bertz CT molecular complexity index is 1180. The highest BCUT2D eigenvalue weighted by atomic mass is 19.1. The minimum Gasteiger partial charge on any atom is -0.497 e. The van der Waals surface area contributed by atoms with Gasteiger partial charge in [0.25, 0.3) is 5.91 Å². The van der Waals surface area contributed by atoms with Crippen LogP contribution in [-0.4, -0.2) is 37.9 Å². The molecule has 0 saturated heterocycles. The third-order valence-electron chi connectivity index (χ3n) is 5.60. The maximum Gasteiger partial charge on any atom is 0.254 e. The Morgan fingerprint density at radius 1 is 0.971 bits per heavy atom. The summed E-state index contributed by atoms with van der Waals surface area (Å²) >= 11 is 0. The molecule has 3 rings (SSSR count). The van der Waals surface area contributed by atoms with Crippen LogP contribution in [0.1, 0.15) is 35.3 Å². The van der Waals surface area contributed by atoms with Gasteiger partial charge in [-0.1, -0.05) is 26.0 Å². The molecule has 7 heteroatoms. The molecule has 0 aliphatic carbocycles. The minimum atomic E-state index is -0.355. The number of carbonyl (C=O) groups is 2. The molecule has 0 saturated carbocycles. The molecule has 2 amide bonds. The first-order valence-electron chi connectivity index (χ1n) is 11.5. The van der Waals surface area contributed by atoms with Crippen molar-refractivity contribution in [2.45, 2.75) is 26.9 Å². The van der Waals surface area contributed by atoms with E-state index >= 15 is 0 Å². The molecule has 0 aliphatic rings. The number of hydrogen-bond acceptors (Lipinski definition) is 4. The van der Waals surface area contributed by atoms with E-state index in [9.17, 15) is 14.0 Å². The van der Waals surface area contributed by atoms with Crippen LogP contribution in [0, 0.1) is 11.7 Å². The number of amides is 2. The van der Waals surface area contributed by atoms with E-state index in [1.54, 1.807) is 48.4 Å². The maximum absolute atomic E-state index is 13.9. The number of benzene rings is 3. The number of carbonyl (C=O) groups excluding carboxylic acids is 2. The van der Waals surface area contributed by atoms with Gasteiger partial charge in [-0.25, -0.2) is 4.39 Å². The zero-order valence-corrected chi connectivity index (χ0v) is 20.8. The van der Waals surface area contributed by atoms with E-state index in [4.69, 9.17) is 4.74 Å². The lowest BCUT2D eigenvalue weighted by molar-refractivity contribution is -0.118. The number of methoxy groups -OCH3 is 1. The molecule has 0 radical (unpaired) electrons. The van der Waals surface area contributed by atoms with Gasteiger partial charge in [0.1, 0.15) is 11.6 Å². The summed E-state index contributed by atoms with van der Waals surface area (Å²) in [5, 5.41) is 2.93. The normalized spacial score (nSPS) is 10.7. The first kappa shape index (κ1) is 25.7. The van der Waals surface area contributed by atoms with Crippen molar-refractivity contribution in [1.82, 2.24) is 4.90 Å². The fraction of sp³-hybridized carbons (Fsp3) is 0.286. The monoisotopic (exact) mass is 477 g/mol. The van der Waals surface area contributed by atoms with Gasteiger partial charge in [-0.05, 0) is 65.7 Å². The van der Waals surface area contributed by atoms with Gasteiger partial charge in [0.05, 0.1) is 7.11 Å². The number of nitrogens with zero attached hydrogens (tertiary/aromatic N) is 2. The highest BCUT2D eigenvalue weighted by Crippen LogP contribution is 2.27. The number of anilines is 2. The number of rotatable bonds is 9. The number of halogens is 1. The Hall–Kier alpha value is -3.87. The summed E-state index contributed by atoms with van der Waals surface area (Å²) in [5.41, 5.74) is 3.61. The van der Waals surface area contributed by atoms with E-state index in [-0.39, 0.29) is 36.6 Å². The van der Waals surface area contributed by atoms with Crippen molar-refractivity contribution in [2.75, 3.05) is 31.4 Å². The summed E-state index contributed by atoms with van der Waals surface area (Å²) in [7, 11) is 5.42. The summed E-state index contributed by atoms with van der Waals surface area (Å²) in [6, 6.07) is 18.8.